The predicted molar refractivity (Wildman–Crippen MR) is 128 cm³/mol. The highest BCUT2D eigenvalue weighted by molar-refractivity contribution is 6.00. The molecule has 11 heteroatoms. The van der Waals surface area contributed by atoms with Crippen molar-refractivity contribution in [2.45, 2.75) is 50.6 Å². The fourth-order valence-corrected chi connectivity index (χ4v) is 5.75. The van der Waals surface area contributed by atoms with Gasteiger partial charge < -0.3 is 21.4 Å². The van der Waals surface area contributed by atoms with Gasteiger partial charge in [0.05, 0.1) is 17.5 Å². The van der Waals surface area contributed by atoms with Crippen LogP contribution in [0.2, 0.25) is 0 Å². The van der Waals surface area contributed by atoms with Crippen LogP contribution in [0.25, 0.3) is 28.3 Å². The number of carbonyl (C=O) groups excluding carboxylic acids is 2. The second-order valence-electron chi connectivity index (χ2n) is 9.28. The first-order valence-corrected chi connectivity index (χ1v) is 11.6. The first kappa shape index (κ1) is 21.3. The fraction of sp³-hybridized carbons (Fsp3) is 0.333. The van der Waals surface area contributed by atoms with E-state index in [1.807, 2.05) is 12.1 Å². The highest BCUT2D eigenvalue weighted by atomic mass is 16.2. The number of amides is 2. The van der Waals surface area contributed by atoms with Crippen LogP contribution in [-0.4, -0.2) is 58.3 Å². The zero-order valence-corrected chi connectivity index (χ0v) is 19.2. The third-order valence-corrected chi connectivity index (χ3v) is 7.25. The predicted octanol–water partition coefficient (Wildman–Crippen LogP) is 2.76. The third kappa shape index (κ3) is 3.34. The summed E-state index contributed by atoms with van der Waals surface area (Å²) in [6.07, 6.45) is 10.1. The molecule has 4 aromatic heterocycles. The number of carbonyl (C=O) groups is 2. The summed E-state index contributed by atoms with van der Waals surface area (Å²) in [7, 11) is 0. The molecule has 5 N–H and O–H groups in total. The number of primary amides is 1. The Morgan fingerprint density at radius 2 is 1.89 bits per heavy atom. The number of rotatable bonds is 4. The van der Waals surface area contributed by atoms with Crippen molar-refractivity contribution in [3.8, 4) is 22.6 Å². The number of urea groups is 1. The summed E-state index contributed by atoms with van der Waals surface area (Å²) in [6, 6.07) is 3.54. The Morgan fingerprint density at radius 3 is 2.49 bits per heavy atom. The molecule has 0 radical (unpaired) electrons. The average Bonchev–Trinajstić information content (AvgIpc) is 3.57. The molecule has 3 atom stereocenters. The molecule has 0 aliphatic carbocycles. The summed E-state index contributed by atoms with van der Waals surface area (Å²) in [5, 5.41) is 4.43. The monoisotopic (exact) mass is 471 g/mol. The van der Waals surface area contributed by atoms with Crippen LogP contribution in [0.4, 0.5) is 10.6 Å². The number of nitrogens with zero attached hydrogens (tertiary/aromatic N) is 6. The number of nitrogens with two attached hydrogens (primary N) is 2. The van der Waals surface area contributed by atoms with Gasteiger partial charge in [-0.05, 0) is 38.7 Å². The van der Waals surface area contributed by atoms with Crippen LogP contribution in [0.1, 0.15) is 54.6 Å². The van der Waals surface area contributed by atoms with Gasteiger partial charge >= 0.3 is 6.03 Å². The maximum atomic E-state index is 12.7. The van der Waals surface area contributed by atoms with Crippen molar-refractivity contribution in [2.75, 3.05) is 5.73 Å². The van der Waals surface area contributed by atoms with E-state index in [0.29, 0.717) is 35.6 Å². The fourth-order valence-electron chi connectivity index (χ4n) is 5.75. The number of Topliss-reactive ketones (excluding diaryl/α,β-unsaturated/α-hetero) is 1. The molecule has 2 fully saturated rings. The number of fused-ring (bicyclic) bond motifs is 3. The van der Waals surface area contributed by atoms with Crippen molar-refractivity contribution in [3.63, 3.8) is 0 Å². The largest absolute Gasteiger partial charge is 0.383 e. The van der Waals surface area contributed by atoms with E-state index in [1.54, 1.807) is 29.7 Å². The Morgan fingerprint density at radius 1 is 1.11 bits per heavy atom. The van der Waals surface area contributed by atoms with Crippen molar-refractivity contribution in [1.29, 1.82) is 0 Å². The van der Waals surface area contributed by atoms with Gasteiger partial charge in [0.1, 0.15) is 11.5 Å². The van der Waals surface area contributed by atoms with Crippen molar-refractivity contribution in [2.24, 2.45) is 5.73 Å². The molecule has 0 spiro atoms. The summed E-state index contributed by atoms with van der Waals surface area (Å²) in [5.41, 5.74) is 16.1. The number of hydrogen-bond donors (Lipinski definition) is 3. The lowest BCUT2D eigenvalue weighted by Crippen LogP contribution is -2.48. The van der Waals surface area contributed by atoms with E-state index in [-0.39, 0.29) is 35.6 Å². The van der Waals surface area contributed by atoms with Gasteiger partial charge in [-0.25, -0.2) is 14.8 Å². The number of pyridine rings is 1. The molecule has 4 aromatic rings. The van der Waals surface area contributed by atoms with Gasteiger partial charge in [0, 0.05) is 47.7 Å². The van der Waals surface area contributed by atoms with Gasteiger partial charge in [-0.15, -0.1) is 0 Å². The highest BCUT2D eigenvalue weighted by Gasteiger charge is 2.44. The van der Waals surface area contributed by atoms with Gasteiger partial charge in [-0.1, -0.05) is 6.07 Å². The van der Waals surface area contributed by atoms with Crippen LogP contribution in [0.15, 0.2) is 36.9 Å². The number of nitrogens with one attached hydrogen (secondary N) is 1. The molecule has 0 aromatic carbocycles. The number of imidazole rings is 1. The molecular formula is C24H25N9O2. The number of H-pyrrole nitrogens is 1. The second kappa shape index (κ2) is 7.90. The Balaban J connectivity index is 1.44. The maximum absolute atomic E-state index is 12.7. The standard InChI is InChI=1S/C24H25N9O2/c1-12(34)19-20(14-8-15-3-4-16(9-14)32(15)24(26)35)31-23-17(11-30-33(23)21(19)25)13-2-5-18(29-10-13)22-27-6-7-28-22/h2,5-7,10-11,14-16H,3-4,8-9,25H2,1H3,(H2,26,35)(H,27,28)/t14-,15-,16+. The van der Waals surface area contributed by atoms with Gasteiger partial charge in [-0.3, -0.25) is 9.78 Å². The van der Waals surface area contributed by atoms with Crippen molar-refractivity contribution < 1.29 is 9.59 Å². The van der Waals surface area contributed by atoms with Crippen molar-refractivity contribution in [3.05, 3.63) is 48.2 Å². The molecule has 6 heterocycles. The molecule has 0 unspecified atom stereocenters. The summed E-state index contributed by atoms with van der Waals surface area (Å²) in [4.78, 5) is 43.2. The third-order valence-electron chi connectivity index (χ3n) is 7.25. The summed E-state index contributed by atoms with van der Waals surface area (Å²) in [6.45, 7) is 1.50. The molecule has 35 heavy (non-hydrogen) atoms. The first-order valence-electron chi connectivity index (χ1n) is 11.6. The lowest BCUT2D eigenvalue weighted by molar-refractivity contribution is 0.101. The van der Waals surface area contributed by atoms with E-state index in [9.17, 15) is 9.59 Å². The van der Waals surface area contributed by atoms with E-state index in [1.165, 1.54) is 11.4 Å². The Bertz CT molecular complexity index is 1430. The van der Waals surface area contributed by atoms with Crippen LogP contribution in [0, 0.1) is 0 Å². The normalized spacial score (nSPS) is 21.5. The molecule has 0 saturated carbocycles. The van der Waals surface area contributed by atoms with Crippen LogP contribution in [0.3, 0.4) is 0 Å². The topological polar surface area (TPSA) is 161 Å². The van der Waals surface area contributed by atoms with E-state index in [4.69, 9.17) is 16.5 Å². The van der Waals surface area contributed by atoms with Gasteiger partial charge in [0.2, 0.25) is 0 Å². The minimum Gasteiger partial charge on any atom is -0.383 e. The molecule has 11 nitrogen and oxygen atoms in total. The number of nitrogen functional groups attached to an aromatic ring is 1. The number of hydrogen-bond acceptors (Lipinski definition) is 7. The summed E-state index contributed by atoms with van der Waals surface area (Å²) in [5.74, 6) is 0.798. The minimum absolute atomic E-state index is 0.00324. The van der Waals surface area contributed by atoms with Crippen LogP contribution >= 0.6 is 0 Å². The molecule has 2 amide bonds. The lowest BCUT2D eigenvalue weighted by Gasteiger charge is -2.38. The first-order chi connectivity index (χ1) is 16.9. The van der Waals surface area contributed by atoms with Gasteiger partial charge in [0.25, 0.3) is 0 Å². The lowest BCUT2D eigenvalue weighted by atomic mass is 9.85. The molecule has 6 rings (SSSR count). The van der Waals surface area contributed by atoms with E-state index >= 15 is 0 Å². The number of aromatic nitrogens is 6. The SMILES string of the molecule is CC(=O)c1c([C@@H]2C[C@H]3CC[C@@H](C2)N3C(N)=O)nc2c(-c3ccc(-c4ncc[nH]4)nc3)cnn2c1N. The number of ketones is 1. The Labute approximate surface area is 200 Å². The molecule has 2 bridgehead atoms. The molecule has 2 saturated heterocycles. The highest BCUT2D eigenvalue weighted by Crippen LogP contribution is 2.44. The number of aromatic amines is 1. The molecule has 2 aliphatic rings. The minimum atomic E-state index is -0.380. The number of anilines is 1. The number of piperidine rings is 1. The van der Waals surface area contributed by atoms with Gasteiger partial charge in [-0.2, -0.15) is 9.61 Å². The average molecular weight is 472 g/mol. The summed E-state index contributed by atoms with van der Waals surface area (Å²) < 4.78 is 1.52. The molecule has 178 valence electrons. The van der Waals surface area contributed by atoms with Crippen LogP contribution in [-0.2, 0) is 0 Å². The molecule has 2 aliphatic heterocycles. The quantitative estimate of drug-likeness (QED) is 0.386. The van der Waals surface area contributed by atoms with Gasteiger partial charge in [0.15, 0.2) is 17.3 Å². The van der Waals surface area contributed by atoms with Crippen molar-refractivity contribution in [1.82, 2.24) is 34.4 Å². The Kier molecular flexibility index (Phi) is 4.80. The van der Waals surface area contributed by atoms with E-state index < -0.39 is 0 Å². The summed E-state index contributed by atoms with van der Waals surface area (Å²) >= 11 is 0. The van der Waals surface area contributed by atoms with Crippen LogP contribution < -0.4 is 11.5 Å². The zero-order chi connectivity index (χ0) is 24.3. The molecular weight excluding hydrogens is 446 g/mol. The maximum Gasteiger partial charge on any atom is 0.315 e. The smallest absolute Gasteiger partial charge is 0.315 e. The Hall–Kier alpha value is -4.28. The van der Waals surface area contributed by atoms with E-state index in [2.05, 4.69) is 20.1 Å². The zero-order valence-electron chi connectivity index (χ0n) is 19.2. The van der Waals surface area contributed by atoms with Crippen LogP contribution in [0.5, 0.6) is 0 Å². The van der Waals surface area contributed by atoms with E-state index in [0.717, 1.165) is 29.7 Å². The van der Waals surface area contributed by atoms with Crippen molar-refractivity contribution >= 4 is 23.3 Å². The second-order valence-corrected chi connectivity index (χ2v) is 9.28.